The summed E-state index contributed by atoms with van der Waals surface area (Å²) >= 11 is 0. The van der Waals surface area contributed by atoms with Crippen molar-refractivity contribution >= 4 is 5.97 Å². The number of carbonyl (C=O) groups is 1. The van der Waals surface area contributed by atoms with Gasteiger partial charge < -0.3 is 14.2 Å². The molecule has 0 aromatic rings. The van der Waals surface area contributed by atoms with E-state index in [1.165, 1.54) is 19.1 Å². The van der Waals surface area contributed by atoms with Gasteiger partial charge in [0.15, 0.2) is 6.29 Å². The maximum Gasteiger partial charge on any atom is 0.384 e. The summed E-state index contributed by atoms with van der Waals surface area (Å²) in [6.07, 6.45) is 8.05. The molecule has 1 atom stereocenters. The molecule has 0 aromatic heterocycles. The minimum Gasteiger partial charge on any atom is -0.459 e. The van der Waals surface area contributed by atoms with Gasteiger partial charge in [-0.15, -0.1) is 0 Å². The van der Waals surface area contributed by atoms with Crippen LogP contribution in [0.3, 0.4) is 0 Å². The highest BCUT2D eigenvalue weighted by Gasteiger charge is 2.21. The summed E-state index contributed by atoms with van der Waals surface area (Å²) in [7, 11) is 1.34. The Bertz CT molecular complexity index is 448. The first kappa shape index (κ1) is 19.7. The molecule has 0 bridgehead atoms. The number of hydrogen-bond acceptors (Lipinski definition) is 4. The molecule has 0 saturated carbocycles. The van der Waals surface area contributed by atoms with Crippen molar-refractivity contribution in [2.24, 2.45) is 5.41 Å². The smallest absolute Gasteiger partial charge is 0.384 e. The Morgan fingerprint density at radius 2 is 2.17 bits per heavy atom. The monoisotopic (exact) mass is 322 g/mol. The van der Waals surface area contributed by atoms with Crippen LogP contribution in [0.15, 0.2) is 11.6 Å². The van der Waals surface area contributed by atoms with E-state index in [-0.39, 0.29) is 11.7 Å². The molecule has 4 nitrogen and oxygen atoms in total. The van der Waals surface area contributed by atoms with Crippen LogP contribution in [0.4, 0.5) is 0 Å². The van der Waals surface area contributed by atoms with Crippen molar-refractivity contribution in [3.8, 4) is 11.8 Å². The topological polar surface area (TPSA) is 44.8 Å². The van der Waals surface area contributed by atoms with Crippen molar-refractivity contribution < 1.29 is 19.0 Å². The second kappa shape index (κ2) is 10.5. The Labute approximate surface area is 140 Å². The molecule has 0 N–H and O–H groups in total. The van der Waals surface area contributed by atoms with Crippen LogP contribution < -0.4 is 0 Å². The van der Waals surface area contributed by atoms with Gasteiger partial charge in [0, 0.05) is 18.9 Å². The van der Waals surface area contributed by atoms with E-state index in [4.69, 9.17) is 9.47 Å². The van der Waals surface area contributed by atoms with E-state index < -0.39 is 5.97 Å². The van der Waals surface area contributed by atoms with Gasteiger partial charge in [0.05, 0.1) is 13.7 Å². The van der Waals surface area contributed by atoms with Crippen molar-refractivity contribution in [2.75, 3.05) is 20.3 Å². The summed E-state index contributed by atoms with van der Waals surface area (Å²) < 4.78 is 16.0. The van der Waals surface area contributed by atoms with E-state index in [0.717, 1.165) is 32.3 Å². The average molecular weight is 322 g/mol. The quantitative estimate of drug-likeness (QED) is 0.309. The summed E-state index contributed by atoms with van der Waals surface area (Å²) in [5.74, 6) is 4.79. The van der Waals surface area contributed by atoms with Gasteiger partial charge in [-0.1, -0.05) is 31.4 Å². The summed E-state index contributed by atoms with van der Waals surface area (Å²) in [4.78, 5) is 10.9. The van der Waals surface area contributed by atoms with Gasteiger partial charge in [0.25, 0.3) is 0 Å². The van der Waals surface area contributed by atoms with Gasteiger partial charge >= 0.3 is 5.97 Å². The number of rotatable bonds is 7. The molecule has 1 unspecified atom stereocenters. The van der Waals surface area contributed by atoms with E-state index in [1.54, 1.807) is 0 Å². The fourth-order valence-corrected chi connectivity index (χ4v) is 2.22. The molecule has 1 aliphatic heterocycles. The molecule has 23 heavy (non-hydrogen) atoms. The average Bonchev–Trinajstić information content (AvgIpc) is 2.56. The van der Waals surface area contributed by atoms with Crippen LogP contribution >= 0.6 is 0 Å². The molecule has 1 aliphatic rings. The van der Waals surface area contributed by atoms with Crippen molar-refractivity contribution in [1.29, 1.82) is 0 Å². The van der Waals surface area contributed by atoms with Crippen molar-refractivity contribution in [3.63, 3.8) is 0 Å². The molecule has 0 amide bonds. The molecule has 1 rings (SSSR count). The zero-order chi connectivity index (χ0) is 17.1. The Morgan fingerprint density at radius 1 is 1.39 bits per heavy atom. The third kappa shape index (κ3) is 9.43. The van der Waals surface area contributed by atoms with E-state index in [1.807, 2.05) is 0 Å². The summed E-state index contributed by atoms with van der Waals surface area (Å²) in [5.41, 5.74) is 1.37. The number of allylic oxidation sites excluding steroid dienone is 2. The molecule has 1 saturated heterocycles. The van der Waals surface area contributed by atoms with Crippen molar-refractivity contribution in [2.45, 2.75) is 65.6 Å². The third-order valence-corrected chi connectivity index (χ3v) is 3.82. The molecule has 0 spiro atoms. The lowest BCUT2D eigenvalue weighted by molar-refractivity contribution is -0.175. The molecule has 4 heteroatoms. The second-order valence-electron chi connectivity index (χ2n) is 6.82. The van der Waals surface area contributed by atoms with Crippen LogP contribution in [0.2, 0.25) is 0 Å². The zero-order valence-corrected chi connectivity index (χ0v) is 14.9. The fourth-order valence-electron chi connectivity index (χ4n) is 2.22. The highest BCUT2D eigenvalue weighted by atomic mass is 16.7. The van der Waals surface area contributed by atoms with Crippen LogP contribution in [-0.4, -0.2) is 32.6 Å². The minimum absolute atomic E-state index is 0.0262. The van der Waals surface area contributed by atoms with Gasteiger partial charge in [-0.05, 0) is 44.4 Å². The molecule has 1 fully saturated rings. The SMILES string of the molecule is COC(=O)C#CCC/C(C)=C\CC(C)(C)COC1CCCCO1. The first-order valence-corrected chi connectivity index (χ1v) is 8.38. The molecule has 0 radical (unpaired) electrons. The highest BCUT2D eigenvalue weighted by Crippen LogP contribution is 2.25. The fraction of sp³-hybridized carbons (Fsp3) is 0.737. The Balaban J connectivity index is 2.28. The number of esters is 1. The van der Waals surface area contributed by atoms with Crippen molar-refractivity contribution in [3.05, 3.63) is 11.6 Å². The van der Waals surface area contributed by atoms with Gasteiger partial charge in [-0.2, -0.15) is 0 Å². The van der Waals surface area contributed by atoms with Crippen LogP contribution in [0, 0.1) is 17.3 Å². The number of carbonyl (C=O) groups excluding carboxylic acids is 1. The third-order valence-electron chi connectivity index (χ3n) is 3.82. The van der Waals surface area contributed by atoms with E-state index >= 15 is 0 Å². The number of methoxy groups -OCH3 is 1. The molecule has 0 aromatic carbocycles. The normalized spacial score (nSPS) is 19.0. The minimum atomic E-state index is -0.477. The lowest BCUT2D eigenvalue weighted by atomic mass is 9.89. The molecular formula is C19H30O4. The van der Waals surface area contributed by atoms with Crippen molar-refractivity contribution in [1.82, 2.24) is 0 Å². The maximum absolute atomic E-state index is 10.9. The van der Waals surface area contributed by atoms with E-state index in [9.17, 15) is 4.79 Å². The molecular weight excluding hydrogens is 292 g/mol. The standard InChI is InChI=1S/C19H30O4/c1-16(9-5-6-10-17(20)21-4)12-13-19(2,3)15-23-18-11-7-8-14-22-18/h12,18H,5,7-9,11,13-15H2,1-4H3/b16-12-. The number of ether oxygens (including phenoxy) is 3. The first-order chi connectivity index (χ1) is 10.9. The van der Waals surface area contributed by atoms with Gasteiger partial charge in [0.2, 0.25) is 0 Å². The maximum atomic E-state index is 10.9. The number of hydrogen-bond donors (Lipinski definition) is 0. The zero-order valence-electron chi connectivity index (χ0n) is 14.9. The van der Waals surface area contributed by atoms with Gasteiger partial charge in [0.1, 0.15) is 0 Å². The predicted octanol–water partition coefficient (Wildman–Crippen LogP) is 3.85. The highest BCUT2D eigenvalue weighted by molar-refractivity contribution is 5.88. The lowest BCUT2D eigenvalue weighted by Gasteiger charge is -2.29. The summed E-state index contributed by atoms with van der Waals surface area (Å²) in [6, 6.07) is 0. The predicted molar refractivity (Wildman–Crippen MR) is 90.7 cm³/mol. The summed E-state index contributed by atoms with van der Waals surface area (Å²) in [6.45, 7) is 8.02. The molecule has 130 valence electrons. The molecule has 0 aliphatic carbocycles. The van der Waals surface area contributed by atoms with E-state index in [2.05, 4.69) is 43.4 Å². The second-order valence-corrected chi connectivity index (χ2v) is 6.82. The first-order valence-electron chi connectivity index (χ1n) is 8.38. The van der Waals surface area contributed by atoms with Crippen LogP contribution in [0.5, 0.6) is 0 Å². The van der Waals surface area contributed by atoms with Gasteiger partial charge in [-0.25, -0.2) is 4.79 Å². The Kier molecular flexibility index (Phi) is 8.98. The summed E-state index contributed by atoms with van der Waals surface area (Å²) in [5, 5.41) is 0. The van der Waals surface area contributed by atoms with Gasteiger partial charge in [-0.3, -0.25) is 0 Å². The van der Waals surface area contributed by atoms with E-state index in [0.29, 0.717) is 13.0 Å². The van der Waals surface area contributed by atoms with Crippen LogP contribution in [0.25, 0.3) is 0 Å². The lowest BCUT2D eigenvalue weighted by Crippen LogP contribution is -2.28. The van der Waals surface area contributed by atoms with Crippen LogP contribution in [0.1, 0.15) is 59.3 Å². The molecule has 1 heterocycles. The Morgan fingerprint density at radius 3 is 2.83 bits per heavy atom. The van der Waals surface area contributed by atoms with Crippen LogP contribution in [-0.2, 0) is 19.0 Å². The largest absolute Gasteiger partial charge is 0.459 e. The Hall–Kier alpha value is -1.31.